The lowest BCUT2D eigenvalue weighted by molar-refractivity contribution is -0.118. The van der Waals surface area contributed by atoms with Gasteiger partial charge < -0.3 is 9.88 Å². The lowest BCUT2D eigenvalue weighted by Gasteiger charge is -2.13. The number of carbonyl (C=O) groups is 2. The molecule has 4 aromatic heterocycles. The SMILES string of the molecule is CC(C)C(=O)Nc1nc2cc(-c3ccc4c(c3)c(C(=O)N[C@@H](C)c3ccncc3)cn4C)ccn2n1. The smallest absolute Gasteiger partial charge is 0.253 e. The minimum Gasteiger partial charge on any atom is -0.350 e. The van der Waals surface area contributed by atoms with Crippen LogP contribution in [0.4, 0.5) is 5.95 Å². The molecule has 182 valence electrons. The Balaban J connectivity index is 1.46. The molecule has 0 saturated heterocycles. The maximum Gasteiger partial charge on any atom is 0.253 e. The second-order valence-corrected chi connectivity index (χ2v) is 9.16. The molecular formula is C27H27N7O2. The maximum atomic E-state index is 13.2. The van der Waals surface area contributed by atoms with Gasteiger partial charge in [-0.2, -0.15) is 4.98 Å². The van der Waals surface area contributed by atoms with Crippen LogP contribution in [0.1, 0.15) is 42.7 Å². The number of aryl methyl sites for hydroxylation is 1. The molecule has 0 aliphatic heterocycles. The van der Waals surface area contributed by atoms with E-state index in [0.29, 0.717) is 11.2 Å². The molecular weight excluding hydrogens is 454 g/mol. The highest BCUT2D eigenvalue weighted by molar-refractivity contribution is 6.08. The summed E-state index contributed by atoms with van der Waals surface area (Å²) in [4.78, 5) is 33.7. The third kappa shape index (κ3) is 4.43. The van der Waals surface area contributed by atoms with E-state index in [2.05, 4.69) is 25.7 Å². The lowest BCUT2D eigenvalue weighted by atomic mass is 10.0. The summed E-state index contributed by atoms with van der Waals surface area (Å²) >= 11 is 0. The molecule has 36 heavy (non-hydrogen) atoms. The van der Waals surface area contributed by atoms with E-state index in [1.807, 2.05) is 87.2 Å². The molecule has 9 heteroatoms. The number of benzene rings is 1. The molecule has 4 heterocycles. The maximum absolute atomic E-state index is 13.2. The van der Waals surface area contributed by atoms with Crippen molar-refractivity contribution in [1.82, 2.24) is 29.5 Å². The average Bonchev–Trinajstić information content (AvgIpc) is 3.43. The third-order valence-electron chi connectivity index (χ3n) is 6.22. The fourth-order valence-corrected chi connectivity index (χ4v) is 4.13. The van der Waals surface area contributed by atoms with Gasteiger partial charge in [0.15, 0.2) is 5.65 Å². The van der Waals surface area contributed by atoms with E-state index < -0.39 is 0 Å². The Bertz CT molecular complexity index is 1580. The van der Waals surface area contributed by atoms with Gasteiger partial charge in [0, 0.05) is 48.7 Å². The van der Waals surface area contributed by atoms with Crippen molar-refractivity contribution in [3.63, 3.8) is 0 Å². The van der Waals surface area contributed by atoms with E-state index >= 15 is 0 Å². The summed E-state index contributed by atoms with van der Waals surface area (Å²) in [7, 11) is 1.93. The number of rotatable bonds is 6. The van der Waals surface area contributed by atoms with E-state index in [1.165, 1.54) is 0 Å². The van der Waals surface area contributed by atoms with E-state index in [-0.39, 0.29) is 29.7 Å². The summed E-state index contributed by atoms with van der Waals surface area (Å²) < 4.78 is 3.58. The van der Waals surface area contributed by atoms with E-state index in [1.54, 1.807) is 16.9 Å². The van der Waals surface area contributed by atoms with Crippen LogP contribution in [0, 0.1) is 5.92 Å². The van der Waals surface area contributed by atoms with Gasteiger partial charge in [-0.05, 0) is 60.0 Å². The van der Waals surface area contributed by atoms with Gasteiger partial charge in [0.1, 0.15) is 0 Å². The first-order chi connectivity index (χ1) is 17.3. The normalized spacial score (nSPS) is 12.2. The van der Waals surface area contributed by atoms with E-state index in [4.69, 9.17) is 0 Å². The summed E-state index contributed by atoms with van der Waals surface area (Å²) in [6.07, 6.45) is 7.10. The number of amides is 2. The van der Waals surface area contributed by atoms with E-state index in [0.717, 1.165) is 27.6 Å². The standard InChI is InChI=1S/C27H27N7O2/c1-16(2)25(35)31-27-30-24-14-20(9-12-34(24)32-27)19-5-6-23-21(13-19)22(15-33(23)4)26(36)29-17(3)18-7-10-28-11-8-18/h5-17H,1-4H3,(H,29,36)(H,31,32,35)/t17-/m0/s1. The highest BCUT2D eigenvalue weighted by atomic mass is 16.2. The van der Waals surface area contributed by atoms with Crippen LogP contribution in [0.2, 0.25) is 0 Å². The lowest BCUT2D eigenvalue weighted by Crippen LogP contribution is -2.26. The van der Waals surface area contributed by atoms with Gasteiger partial charge in [0.05, 0.1) is 11.6 Å². The number of hydrogen-bond acceptors (Lipinski definition) is 5. The predicted molar refractivity (Wildman–Crippen MR) is 138 cm³/mol. The second kappa shape index (κ2) is 9.26. The Hall–Kier alpha value is -4.53. The van der Waals surface area contributed by atoms with Gasteiger partial charge in [-0.15, -0.1) is 5.10 Å². The number of anilines is 1. The molecule has 0 unspecified atom stereocenters. The molecule has 0 bridgehead atoms. The Kier molecular flexibility index (Phi) is 5.97. The highest BCUT2D eigenvalue weighted by Gasteiger charge is 2.18. The van der Waals surface area contributed by atoms with Gasteiger partial charge in [-0.1, -0.05) is 19.9 Å². The number of hydrogen-bond donors (Lipinski definition) is 2. The fourth-order valence-electron chi connectivity index (χ4n) is 4.13. The summed E-state index contributed by atoms with van der Waals surface area (Å²) in [6, 6.07) is 13.5. The van der Waals surface area contributed by atoms with Crippen molar-refractivity contribution in [1.29, 1.82) is 0 Å². The highest BCUT2D eigenvalue weighted by Crippen LogP contribution is 2.29. The molecule has 5 aromatic rings. The van der Waals surface area contributed by atoms with Crippen molar-refractivity contribution in [2.45, 2.75) is 26.8 Å². The molecule has 0 spiro atoms. The van der Waals surface area contributed by atoms with Gasteiger partial charge >= 0.3 is 0 Å². The number of pyridine rings is 2. The Labute approximate surface area is 208 Å². The van der Waals surface area contributed by atoms with Crippen LogP contribution >= 0.6 is 0 Å². The first-order valence-electron chi connectivity index (χ1n) is 11.8. The first-order valence-corrected chi connectivity index (χ1v) is 11.8. The summed E-state index contributed by atoms with van der Waals surface area (Å²) in [5.74, 6) is -0.166. The largest absolute Gasteiger partial charge is 0.350 e. The molecule has 0 aliphatic rings. The van der Waals surface area contributed by atoms with Crippen molar-refractivity contribution < 1.29 is 9.59 Å². The topological polar surface area (TPSA) is 106 Å². The van der Waals surface area contributed by atoms with Crippen molar-refractivity contribution in [2.24, 2.45) is 13.0 Å². The zero-order chi connectivity index (χ0) is 25.4. The Morgan fingerprint density at radius 1 is 0.972 bits per heavy atom. The average molecular weight is 482 g/mol. The summed E-state index contributed by atoms with van der Waals surface area (Å²) in [5.41, 5.74) is 5.05. The van der Waals surface area contributed by atoms with Crippen molar-refractivity contribution >= 4 is 34.3 Å². The van der Waals surface area contributed by atoms with Gasteiger partial charge in [0.25, 0.3) is 5.91 Å². The van der Waals surface area contributed by atoms with Crippen LogP contribution in [0.15, 0.2) is 67.3 Å². The summed E-state index contributed by atoms with van der Waals surface area (Å²) in [5, 5.41) is 11.0. The van der Waals surface area contributed by atoms with Crippen LogP contribution < -0.4 is 10.6 Å². The summed E-state index contributed by atoms with van der Waals surface area (Å²) in [6.45, 7) is 5.59. The Morgan fingerprint density at radius 2 is 1.72 bits per heavy atom. The van der Waals surface area contributed by atoms with Crippen molar-refractivity contribution in [2.75, 3.05) is 5.32 Å². The number of nitrogens with one attached hydrogen (secondary N) is 2. The number of carbonyl (C=O) groups excluding carboxylic acids is 2. The molecule has 5 rings (SSSR count). The van der Waals surface area contributed by atoms with Crippen LogP contribution in [-0.2, 0) is 11.8 Å². The number of fused-ring (bicyclic) bond motifs is 2. The minimum absolute atomic E-state index is 0.135. The molecule has 9 nitrogen and oxygen atoms in total. The molecule has 0 radical (unpaired) electrons. The molecule has 2 N–H and O–H groups in total. The van der Waals surface area contributed by atoms with Crippen LogP contribution in [-0.4, -0.2) is 36.0 Å². The van der Waals surface area contributed by atoms with Gasteiger partial charge in [-0.25, -0.2) is 4.52 Å². The van der Waals surface area contributed by atoms with Gasteiger partial charge in [-0.3, -0.25) is 19.9 Å². The Morgan fingerprint density at radius 3 is 2.47 bits per heavy atom. The zero-order valence-electron chi connectivity index (χ0n) is 20.6. The fraction of sp³-hybridized carbons (Fsp3) is 0.222. The van der Waals surface area contributed by atoms with Crippen molar-refractivity contribution in [3.05, 3.63) is 78.4 Å². The molecule has 2 amide bonds. The first kappa shape index (κ1) is 23.2. The van der Waals surface area contributed by atoms with Gasteiger partial charge in [0.2, 0.25) is 11.9 Å². The van der Waals surface area contributed by atoms with Crippen molar-refractivity contribution in [3.8, 4) is 11.1 Å². The second-order valence-electron chi connectivity index (χ2n) is 9.16. The predicted octanol–water partition coefficient (Wildman–Crippen LogP) is 4.37. The third-order valence-corrected chi connectivity index (χ3v) is 6.22. The molecule has 0 saturated carbocycles. The molecule has 0 fully saturated rings. The number of nitrogens with zero attached hydrogens (tertiary/aromatic N) is 5. The van der Waals surface area contributed by atoms with Crippen LogP contribution in [0.3, 0.4) is 0 Å². The van der Waals surface area contributed by atoms with E-state index in [9.17, 15) is 9.59 Å². The zero-order valence-corrected chi connectivity index (χ0v) is 20.6. The quantitative estimate of drug-likeness (QED) is 0.375. The minimum atomic E-state index is -0.163. The monoisotopic (exact) mass is 481 g/mol. The number of aromatic nitrogens is 5. The molecule has 0 aliphatic carbocycles. The molecule has 1 aromatic carbocycles. The van der Waals surface area contributed by atoms with Crippen LogP contribution in [0.5, 0.6) is 0 Å². The van der Waals surface area contributed by atoms with Crippen LogP contribution in [0.25, 0.3) is 27.7 Å². The molecule has 1 atom stereocenters.